The third-order valence-electron chi connectivity index (χ3n) is 11.4. The second-order valence-corrected chi connectivity index (χ2v) is 17.7. The van der Waals surface area contributed by atoms with Gasteiger partial charge in [0.25, 0.3) is 6.43 Å². The quantitative estimate of drug-likeness (QED) is 0.191. The van der Waals surface area contributed by atoms with Crippen LogP contribution in [-0.4, -0.2) is 106 Å². The number of alkyl halides is 2. The Hall–Kier alpha value is -4.25. The van der Waals surface area contributed by atoms with Gasteiger partial charge in [0.2, 0.25) is 27.6 Å². The van der Waals surface area contributed by atoms with Gasteiger partial charge >= 0.3 is 5.97 Å². The third-order valence-corrected chi connectivity index (χ3v) is 13.2. The lowest BCUT2D eigenvalue weighted by molar-refractivity contribution is -0.147. The van der Waals surface area contributed by atoms with Gasteiger partial charge in [-0.25, -0.2) is 17.2 Å². The topological polar surface area (TPSA) is 149 Å². The first kappa shape index (κ1) is 41.4. The molecular formula is C40H52F2N6O7S. The number of carbonyl (C=O) groups is 1. The maximum absolute atomic E-state index is 14.5. The molecular weight excluding hydrogens is 747 g/mol. The molecule has 1 spiro atoms. The Morgan fingerprint density at radius 1 is 1.14 bits per heavy atom. The molecule has 1 atom stereocenters. The summed E-state index contributed by atoms with van der Waals surface area (Å²) >= 11 is 0. The molecule has 2 saturated heterocycles. The Bertz CT molecular complexity index is 2150. The minimum absolute atomic E-state index is 0.0148. The number of nitrogens with zero attached hydrogens (tertiary/aromatic N) is 6. The monoisotopic (exact) mass is 798 g/mol. The predicted molar refractivity (Wildman–Crippen MR) is 206 cm³/mol. The number of carboxylic acids is 1. The van der Waals surface area contributed by atoms with Crippen LogP contribution in [-0.2, 0) is 19.6 Å². The number of hydrogen-bond acceptors (Lipinski definition) is 10. The third kappa shape index (κ3) is 8.25. The van der Waals surface area contributed by atoms with Crippen LogP contribution in [0, 0.1) is 19.3 Å². The van der Waals surface area contributed by atoms with Crippen LogP contribution in [0.15, 0.2) is 58.7 Å². The number of rotatable bonds is 13. The van der Waals surface area contributed by atoms with Gasteiger partial charge in [-0.1, -0.05) is 29.9 Å². The van der Waals surface area contributed by atoms with Crippen molar-refractivity contribution in [2.75, 3.05) is 52.5 Å². The minimum atomic E-state index is -4.09. The highest BCUT2D eigenvalue weighted by Crippen LogP contribution is 2.44. The largest absolute Gasteiger partial charge is 0.481 e. The van der Waals surface area contributed by atoms with Crippen molar-refractivity contribution in [3.63, 3.8) is 0 Å². The van der Waals surface area contributed by atoms with E-state index in [2.05, 4.69) is 26.7 Å². The van der Waals surface area contributed by atoms with Crippen LogP contribution in [0.25, 0.3) is 5.65 Å². The molecule has 1 N–H and O–H groups in total. The van der Waals surface area contributed by atoms with Crippen LogP contribution in [0.3, 0.4) is 0 Å². The molecule has 6 heterocycles. The van der Waals surface area contributed by atoms with Gasteiger partial charge in [0.05, 0.1) is 25.2 Å². The molecule has 0 radical (unpaired) electrons. The first-order chi connectivity index (χ1) is 26.4. The summed E-state index contributed by atoms with van der Waals surface area (Å²) in [5.41, 5.74) is 1.60. The fraction of sp³-hybridized carbons (Fsp3) is 0.550. The van der Waals surface area contributed by atoms with Gasteiger partial charge in [-0.3, -0.25) is 14.1 Å². The average molecular weight is 799 g/mol. The number of fused-ring (bicyclic) bond motifs is 2. The van der Waals surface area contributed by atoms with Crippen molar-refractivity contribution in [1.29, 1.82) is 0 Å². The fourth-order valence-corrected chi connectivity index (χ4v) is 9.46. The summed E-state index contributed by atoms with van der Waals surface area (Å²) in [6.45, 7) is 18.9. The van der Waals surface area contributed by atoms with Gasteiger partial charge in [-0.2, -0.15) is 9.29 Å². The molecule has 2 fully saturated rings. The second kappa shape index (κ2) is 16.3. The molecule has 3 aliphatic heterocycles. The minimum Gasteiger partial charge on any atom is -0.481 e. The van der Waals surface area contributed by atoms with Crippen molar-refractivity contribution < 1.29 is 41.3 Å². The first-order valence-electron chi connectivity index (χ1n) is 19.0. The summed E-state index contributed by atoms with van der Waals surface area (Å²) in [5, 5.41) is 17.9. The van der Waals surface area contributed by atoms with Gasteiger partial charge < -0.3 is 19.3 Å². The number of halogens is 2. The lowest BCUT2D eigenvalue weighted by Gasteiger charge is -2.38. The number of ether oxygens (including phenoxy) is 3. The molecule has 0 aliphatic carbocycles. The number of hydrogen-bond donors (Lipinski definition) is 1. The second-order valence-electron chi connectivity index (χ2n) is 15.8. The Kier molecular flexibility index (Phi) is 12.1. The van der Waals surface area contributed by atoms with Gasteiger partial charge in [-0.05, 0) is 96.3 Å². The molecule has 3 aromatic heterocycles. The van der Waals surface area contributed by atoms with Crippen LogP contribution in [0.2, 0.25) is 0 Å². The number of sulfonamides is 1. The summed E-state index contributed by atoms with van der Waals surface area (Å²) in [6.07, 6.45) is 5.40. The molecule has 6 rings (SSSR count). The Balaban J connectivity index is 1.28. The predicted octanol–water partition coefficient (Wildman–Crippen LogP) is 6.43. The number of aliphatic carboxylic acids is 1. The standard InChI is InChI=1S/C40H52F2N6O7S/c1-25(10-11-26(2)32(39(6,7)38(49)50)30-12-17-48-34(29(30)5)44-45-35(48)33(41)42)28(4)23-47-24-40(13-19-53-20-14-40)55-37-31(56(47,51)52)22-27(3)36(43-37)54-21-18-46-15-8-9-16-46/h10-12,17,22,32-33H,2,8-9,13-16,18-21,23-24H2,1,3-7H3,(H,49,50)/b11-10-,28-25+/t32-/m0/s1. The number of pyridine rings is 2. The molecule has 0 amide bonds. The summed E-state index contributed by atoms with van der Waals surface area (Å²) in [5.74, 6) is -1.97. The van der Waals surface area contributed by atoms with Crippen molar-refractivity contribution in [3.05, 3.63) is 76.3 Å². The molecule has 0 saturated carbocycles. The van der Waals surface area contributed by atoms with Gasteiger partial charge in [0.1, 0.15) is 17.1 Å². The Labute approximate surface area is 327 Å². The fourth-order valence-electron chi connectivity index (χ4n) is 7.78. The first-order valence-corrected chi connectivity index (χ1v) is 20.4. The van der Waals surface area contributed by atoms with Gasteiger partial charge in [-0.15, -0.1) is 10.2 Å². The van der Waals surface area contributed by atoms with Crippen LogP contribution >= 0.6 is 0 Å². The summed E-state index contributed by atoms with van der Waals surface area (Å²) in [6, 6.07) is 3.19. The number of carboxylic acid groups (broad SMARTS) is 1. The molecule has 304 valence electrons. The van der Waals surface area contributed by atoms with Gasteiger partial charge in [0, 0.05) is 43.6 Å². The molecule has 3 aliphatic rings. The van der Waals surface area contributed by atoms with Crippen LogP contribution in [0.4, 0.5) is 8.78 Å². The summed E-state index contributed by atoms with van der Waals surface area (Å²) in [4.78, 5) is 19.6. The van der Waals surface area contributed by atoms with Gasteiger partial charge in [0.15, 0.2) is 5.65 Å². The molecule has 56 heavy (non-hydrogen) atoms. The van der Waals surface area contributed by atoms with E-state index in [1.165, 1.54) is 27.7 Å². The molecule has 0 unspecified atom stereocenters. The van der Waals surface area contributed by atoms with Crippen LogP contribution < -0.4 is 9.47 Å². The van der Waals surface area contributed by atoms with Crippen molar-refractivity contribution in [2.24, 2.45) is 5.41 Å². The smallest absolute Gasteiger partial charge is 0.310 e. The highest BCUT2D eigenvalue weighted by molar-refractivity contribution is 7.89. The Morgan fingerprint density at radius 2 is 1.84 bits per heavy atom. The highest BCUT2D eigenvalue weighted by atomic mass is 32.2. The molecule has 0 bridgehead atoms. The van der Waals surface area contributed by atoms with E-state index in [4.69, 9.17) is 14.2 Å². The van der Waals surface area contributed by atoms with E-state index in [9.17, 15) is 27.1 Å². The van der Waals surface area contributed by atoms with E-state index in [1.807, 2.05) is 13.8 Å². The maximum atomic E-state index is 14.5. The number of likely N-dealkylation sites (tertiary alicyclic amines) is 1. The SMILES string of the molecule is C=C(/C=C\C(C)=C(/C)CN1CC2(CCOCC2)Oc2nc(OCCN3CCCC3)c(C)cc2S1(=O)=O)[C@@H](c1ccn2c(C(F)F)nnc2c1C)C(C)(C)C(=O)O. The van der Waals surface area contributed by atoms with Crippen molar-refractivity contribution >= 4 is 21.6 Å². The number of aromatic nitrogens is 4. The molecule has 3 aromatic rings. The van der Waals surface area contributed by atoms with Crippen molar-refractivity contribution in [3.8, 4) is 11.8 Å². The molecule has 0 aromatic carbocycles. The van der Waals surface area contributed by atoms with Crippen molar-refractivity contribution in [1.82, 2.24) is 28.8 Å². The highest BCUT2D eigenvalue weighted by Gasteiger charge is 2.46. The van der Waals surface area contributed by atoms with Crippen LogP contribution in [0.1, 0.15) is 88.2 Å². The summed E-state index contributed by atoms with van der Waals surface area (Å²) in [7, 11) is -4.09. The van der Waals surface area contributed by atoms with E-state index in [1.54, 1.807) is 52.0 Å². The molecule has 13 nitrogen and oxygen atoms in total. The Morgan fingerprint density at radius 3 is 2.50 bits per heavy atom. The molecule has 16 heteroatoms. The zero-order valence-corrected chi connectivity index (χ0v) is 33.8. The van der Waals surface area contributed by atoms with Crippen LogP contribution in [0.5, 0.6) is 11.8 Å². The van der Waals surface area contributed by atoms with E-state index >= 15 is 0 Å². The summed E-state index contributed by atoms with van der Waals surface area (Å²) < 4.78 is 77.1. The lowest BCUT2D eigenvalue weighted by Crippen LogP contribution is -2.51. The van der Waals surface area contributed by atoms with E-state index in [0.29, 0.717) is 60.8 Å². The van der Waals surface area contributed by atoms with E-state index in [-0.39, 0.29) is 29.5 Å². The maximum Gasteiger partial charge on any atom is 0.310 e. The number of allylic oxidation sites excluding steroid dienone is 4. The average Bonchev–Trinajstić information content (AvgIpc) is 3.82. The van der Waals surface area contributed by atoms with E-state index in [0.717, 1.165) is 30.8 Å². The number of aryl methyl sites for hydroxylation is 2. The van der Waals surface area contributed by atoms with Crippen molar-refractivity contribution in [2.45, 2.75) is 90.1 Å². The lowest BCUT2D eigenvalue weighted by atomic mass is 9.70. The zero-order chi connectivity index (χ0) is 40.6. The normalized spacial score (nSPS) is 19.9. The van der Waals surface area contributed by atoms with E-state index < -0.39 is 45.2 Å². The zero-order valence-electron chi connectivity index (χ0n) is 33.0.